The first-order valence-electron chi connectivity index (χ1n) is 6.14. The Hall–Kier alpha value is -1.35. The Morgan fingerprint density at radius 1 is 1.60 bits per heavy atom. The Bertz CT molecular complexity index is 609. The maximum Gasteiger partial charge on any atom is 0.220 e. The van der Waals surface area contributed by atoms with Gasteiger partial charge in [-0.25, -0.2) is 13.4 Å². The molecule has 110 valence electrons. The third-order valence-electron chi connectivity index (χ3n) is 2.68. The minimum Gasteiger partial charge on any atom is -0.355 e. The van der Waals surface area contributed by atoms with Crippen LogP contribution in [0.5, 0.6) is 0 Å². The zero-order valence-corrected chi connectivity index (χ0v) is 12.6. The lowest BCUT2D eigenvalue weighted by Crippen LogP contribution is -2.28. The summed E-state index contributed by atoms with van der Waals surface area (Å²) in [5, 5.41) is 11.3. The smallest absolute Gasteiger partial charge is 0.220 e. The fourth-order valence-corrected chi connectivity index (χ4v) is 3.89. The van der Waals surface area contributed by atoms with E-state index < -0.39 is 9.84 Å². The van der Waals surface area contributed by atoms with Gasteiger partial charge < -0.3 is 5.32 Å². The van der Waals surface area contributed by atoms with Crippen LogP contribution in [0.3, 0.4) is 0 Å². The molecule has 0 aliphatic carbocycles. The van der Waals surface area contributed by atoms with Gasteiger partial charge in [-0.2, -0.15) is 0 Å². The second-order valence-electron chi connectivity index (χ2n) is 4.52. The molecule has 0 radical (unpaired) electrons. The molecule has 1 aromatic rings. The number of amides is 1. The molecular formula is C11H16N4O3S2. The number of carbonyl (C=O) groups excluding carboxylic acids is 1. The Labute approximate surface area is 121 Å². The number of hydrogen-bond acceptors (Lipinski definition) is 6. The molecule has 20 heavy (non-hydrogen) atoms. The summed E-state index contributed by atoms with van der Waals surface area (Å²) in [5.74, 6) is 1.12. The Morgan fingerprint density at radius 3 is 3.00 bits per heavy atom. The molecular weight excluding hydrogens is 300 g/mol. The highest BCUT2D eigenvalue weighted by Crippen LogP contribution is 2.18. The number of sulfone groups is 1. The number of allylic oxidation sites excluding steroid dienone is 1. The van der Waals surface area contributed by atoms with Gasteiger partial charge in [-0.05, 0) is 6.92 Å². The molecule has 2 heterocycles. The van der Waals surface area contributed by atoms with E-state index in [0.717, 1.165) is 5.82 Å². The van der Waals surface area contributed by atoms with Gasteiger partial charge in [-0.15, -0.1) is 5.10 Å². The van der Waals surface area contributed by atoms with Crippen molar-refractivity contribution >= 4 is 27.5 Å². The summed E-state index contributed by atoms with van der Waals surface area (Å²) in [5.41, 5.74) is 0. The van der Waals surface area contributed by atoms with Gasteiger partial charge in [0.1, 0.15) is 5.82 Å². The summed E-state index contributed by atoms with van der Waals surface area (Å²) in [6.07, 6.45) is 1.79. The molecule has 1 atom stereocenters. The van der Waals surface area contributed by atoms with E-state index in [0.29, 0.717) is 17.5 Å². The minimum atomic E-state index is -3.08. The highest BCUT2D eigenvalue weighted by Gasteiger charge is 2.23. The molecule has 2 N–H and O–H groups in total. The van der Waals surface area contributed by atoms with Crippen LogP contribution in [-0.2, 0) is 14.6 Å². The van der Waals surface area contributed by atoms with Crippen LogP contribution in [0.15, 0.2) is 16.6 Å². The zero-order chi connectivity index (χ0) is 14.6. The van der Waals surface area contributed by atoms with E-state index in [1.807, 2.05) is 6.92 Å². The number of carbonyl (C=O) groups is 1. The van der Waals surface area contributed by atoms with Crippen molar-refractivity contribution in [2.24, 2.45) is 5.92 Å². The van der Waals surface area contributed by atoms with Crippen LogP contribution in [0.2, 0.25) is 0 Å². The Balaban J connectivity index is 1.62. The van der Waals surface area contributed by atoms with E-state index >= 15 is 0 Å². The number of rotatable bonds is 6. The number of aromatic amines is 1. The van der Waals surface area contributed by atoms with Crippen molar-refractivity contribution in [3.05, 3.63) is 17.3 Å². The largest absolute Gasteiger partial charge is 0.355 e. The summed E-state index contributed by atoms with van der Waals surface area (Å²) in [6.45, 7) is 2.32. The van der Waals surface area contributed by atoms with Gasteiger partial charge in [0.15, 0.2) is 9.84 Å². The van der Waals surface area contributed by atoms with E-state index in [-0.39, 0.29) is 24.0 Å². The molecule has 0 unspecified atom stereocenters. The number of aromatic nitrogens is 3. The van der Waals surface area contributed by atoms with E-state index in [2.05, 4.69) is 20.5 Å². The van der Waals surface area contributed by atoms with E-state index in [4.69, 9.17) is 0 Å². The third kappa shape index (κ3) is 4.64. The molecule has 1 amide bonds. The Morgan fingerprint density at radius 2 is 2.40 bits per heavy atom. The highest BCUT2D eigenvalue weighted by molar-refractivity contribution is 7.99. The fourth-order valence-electron chi connectivity index (χ4n) is 1.80. The average molecular weight is 316 g/mol. The zero-order valence-electron chi connectivity index (χ0n) is 11.0. The summed E-state index contributed by atoms with van der Waals surface area (Å²) in [6, 6.07) is 0. The van der Waals surface area contributed by atoms with Crippen LogP contribution in [0.4, 0.5) is 0 Å². The molecule has 2 rings (SSSR count). The first-order valence-corrected chi connectivity index (χ1v) is 8.84. The minimum absolute atomic E-state index is 0.0334. The lowest BCUT2D eigenvalue weighted by molar-refractivity contribution is -0.121. The van der Waals surface area contributed by atoms with Crippen LogP contribution >= 0.6 is 11.8 Å². The summed E-state index contributed by atoms with van der Waals surface area (Å²) in [4.78, 5) is 15.8. The van der Waals surface area contributed by atoms with Crippen LogP contribution in [0.1, 0.15) is 12.2 Å². The number of nitrogens with one attached hydrogen (secondary N) is 2. The first-order chi connectivity index (χ1) is 9.44. The van der Waals surface area contributed by atoms with Crippen LogP contribution in [0, 0.1) is 12.8 Å². The fraction of sp³-hybridized carbons (Fsp3) is 0.545. The number of aryl methyl sites for hydroxylation is 1. The van der Waals surface area contributed by atoms with Crippen molar-refractivity contribution in [2.45, 2.75) is 18.5 Å². The van der Waals surface area contributed by atoms with E-state index in [1.54, 1.807) is 6.08 Å². The maximum absolute atomic E-state index is 11.6. The maximum atomic E-state index is 11.6. The third-order valence-corrected chi connectivity index (χ3v) is 5.00. The highest BCUT2D eigenvalue weighted by atomic mass is 32.2. The van der Waals surface area contributed by atoms with Gasteiger partial charge in [0.2, 0.25) is 11.1 Å². The van der Waals surface area contributed by atoms with Gasteiger partial charge >= 0.3 is 0 Å². The van der Waals surface area contributed by atoms with Crippen LogP contribution < -0.4 is 5.32 Å². The summed E-state index contributed by atoms with van der Waals surface area (Å²) in [7, 11) is -3.08. The molecule has 1 aromatic heterocycles. The van der Waals surface area contributed by atoms with Gasteiger partial charge in [-0.3, -0.25) is 9.89 Å². The van der Waals surface area contributed by atoms with Gasteiger partial charge in [0, 0.05) is 30.0 Å². The molecule has 9 heteroatoms. The van der Waals surface area contributed by atoms with Gasteiger partial charge in [-0.1, -0.05) is 17.8 Å². The molecule has 0 aromatic carbocycles. The monoisotopic (exact) mass is 316 g/mol. The predicted octanol–water partition coefficient (Wildman–Crippen LogP) is 0.270. The van der Waals surface area contributed by atoms with Gasteiger partial charge in [0.25, 0.3) is 0 Å². The lowest BCUT2D eigenvalue weighted by atomic mass is 10.1. The van der Waals surface area contributed by atoms with E-state index in [1.165, 1.54) is 17.2 Å². The second kappa shape index (κ2) is 6.40. The van der Waals surface area contributed by atoms with Crippen molar-refractivity contribution < 1.29 is 13.2 Å². The SMILES string of the molecule is Cc1nc(SCCNC(=O)C[C@@H]2C=CS(=O)(=O)C2)n[nH]1. The van der Waals surface area contributed by atoms with Crippen molar-refractivity contribution in [1.82, 2.24) is 20.5 Å². The van der Waals surface area contributed by atoms with Crippen molar-refractivity contribution in [1.29, 1.82) is 0 Å². The molecule has 0 fully saturated rings. The molecule has 1 aliphatic rings. The predicted molar refractivity (Wildman–Crippen MR) is 75.9 cm³/mol. The second-order valence-corrected chi connectivity index (χ2v) is 7.52. The number of hydrogen-bond donors (Lipinski definition) is 2. The average Bonchev–Trinajstić information content (AvgIpc) is 2.91. The number of thioether (sulfide) groups is 1. The molecule has 0 spiro atoms. The van der Waals surface area contributed by atoms with Crippen LogP contribution in [0.25, 0.3) is 0 Å². The quantitative estimate of drug-likeness (QED) is 0.576. The standard InChI is InChI=1S/C11H16N4O3S2/c1-8-13-11(15-14-8)19-4-3-12-10(16)6-9-2-5-20(17,18)7-9/h2,5,9H,3-4,6-7H2,1H3,(H,12,16)(H,13,14,15)/t9-/m0/s1. The molecule has 0 saturated carbocycles. The summed E-state index contributed by atoms with van der Waals surface area (Å²) >= 11 is 1.45. The topological polar surface area (TPSA) is 105 Å². The van der Waals surface area contributed by atoms with Crippen molar-refractivity contribution in [2.75, 3.05) is 18.1 Å². The molecule has 0 bridgehead atoms. The molecule has 0 saturated heterocycles. The molecule has 1 aliphatic heterocycles. The van der Waals surface area contributed by atoms with E-state index in [9.17, 15) is 13.2 Å². The number of H-pyrrole nitrogens is 1. The van der Waals surface area contributed by atoms with Gasteiger partial charge in [0.05, 0.1) is 5.75 Å². The number of nitrogens with zero attached hydrogens (tertiary/aromatic N) is 2. The normalized spacial score (nSPS) is 20.1. The first kappa shape index (κ1) is 15.0. The molecule has 7 nitrogen and oxygen atoms in total. The van der Waals surface area contributed by atoms with Crippen molar-refractivity contribution in [3.8, 4) is 0 Å². The Kier molecular flexibility index (Phi) is 4.81. The summed E-state index contributed by atoms with van der Waals surface area (Å²) < 4.78 is 22.4. The van der Waals surface area contributed by atoms with Crippen LogP contribution in [-0.4, -0.2) is 47.6 Å². The lowest BCUT2D eigenvalue weighted by Gasteiger charge is -2.07. The van der Waals surface area contributed by atoms with Crippen molar-refractivity contribution in [3.63, 3.8) is 0 Å².